The van der Waals surface area contributed by atoms with E-state index in [1.165, 1.54) is 37.3 Å². The van der Waals surface area contributed by atoms with Crippen molar-refractivity contribution in [2.75, 3.05) is 0 Å². The molecule has 0 aliphatic carbocycles. The van der Waals surface area contributed by atoms with Crippen molar-refractivity contribution >= 4 is 33.4 Å². The SMILES string of the molecule is CC(Oc1ccccc1F)C(=O)NNC(=O)c1ccc(Cl)c(S(=O)(=O)NC(C)(C)C)c1. The monoisotopic (exact) mass is 471 g/mol. The Morgan fingerprint density at radius 1 is 1.10 bits per heavy atom. The maximum Gasteiger partial charge on any atom is 0.279 e. The summed E-state index contributed by atoms with van der Waals surface area (Å²) in [7, 11) is -3.99. The molecule has 0 fully saturated rings. The zero-order valence-electron chi connectivity index (χ0n) is 17.3. The number of benzene rings is 2. The lowest BCUT2D eigenvalue weighted by Crippen LogP contribution is -2.47. The normalized spacial score (nSPS) is 12.7. The summed E-state index contributed by atoms with van der Waals surface area (Å²) in [5.41, 5.74) is 3.49. The van der Waals surface area contributed by atoms with Crippen LogP contribution in [0, 0.1) is 5.82 Å². The predicted molar refractivity (Wildman–Crippen MR) is 114 cm³/mol. The van der Waals surface area contributed by atoms with Gasteiger partial charge in [-0.2, -0.15) is 0 Å². The number of halogens is 2. The van der Waals surface area contributed by atoms with Crippen molar-refractivity contribution in [3.05, 3.63) is 58.9 Å². The van der Waals surface area contributed by atoms with Crippen molar-refractivity contribution in [2.24, 2.45) is 0 Å². The molecule has 2 aromatic carbocycles. The van der Waals surface area contributed by atoms with Gasteiger partial charge in [-0.25, -0.2) is 17.5 Å². The molecule has 2 rings (SSSR count). The molecule has 8 nitrogen and oxygen atoms in total. The zero-order chi connectivity index (χ0) is 23.4. The quantitative estimate of drug-likeness (QED) is 0.560. The van der Waals surface area contributed by atoms with Crippen LogP contribution in [0.3, 0.4) is 0 Å². The van der Waals surface area contributed by atoms with Crippen molar-refractivity contribution in [1.29, 1.82) is 0 Å². The van der Waals surface area contributed by atoms with E-state index in [9.17, 15) is 22.4 Å². The molecule has 0 radical (unpaired) electrons. The Labute approximate surface area is 185 Å². The second kappa shape index (κ2) is 9.63. The maximum absolute atomic E-state index is 13.6. The van der Waals surface area contributed by atoms with E-state index in [1.54, 1.807) is 26.8 Å². The van der Waals surface area contributed by atoms with Crippen molar-refractivity contribution in [3.63, 3.8) is 0 Å². The minimum absolute atomic E-state index is 0.0540. The van der Waals surface area contributed by atoms with Crippen LogP contribution in [0.25, 0.3) is 0 Å². The highest BCUT2D eigenvalue weighted by Gasteiger charge is 2.25. The second-order valence-corrected chi connectivity index (χ2v) is 9.69. The van der Waals surface area contributed by atoms with Crippen LogP contribution in [-0.4, -0.2) is 31.9 Å². The number of ether oxygens (including phenoxy) is 1. The van der Waals surface area contributed by atoms with Crippen LogP contribution in [0.2, 0.25) is 5.02 Å². The first-order valence-corrected chi connectivity index (χ1v) is 11.0. The third-order valence-electron chi connectivity index (χ3n) is 3.73. The molecule has 0 aromatic heterocycles. The number of amides is 2. The first kappa shape index (κ1) is 24.6. The molecule has 3 N–H and O–H groups in total. The average Bonchev–Trinajstić information content (AvgIpc) is 2.65. The van der Waals surface area contributed by atoms with Gasteiger partial charge in [0.2, 0.25) is 10.0 Å². The summed E-state index contributed by atoms with van der Waals surface area (Å²) < 4.78 is 46.4. The summed E-state index contributed by atoms with van der Waals surface area (Å²) in [6, 6.07) is 9.23. The Balaban J connectivity index is 2.07. The molecule has 1 atom stereocenters. The largest absolute Gasteiger partial charge is 0.478 e. The minimum atomic E-state index is -3.99. The highest BCUT2D eigenvalue weighted by Crippen LogP contribution is 2.24. The van der Waals surface area contributed by atoms with Crippen LogP contribution >= 0.6 is 11.6 Å². The van der Waals surface area contributed by atoms with Crippen LogP contribution in [0.4, 0.5) is 4.39 Å². The third kappa shape index (κ3) is 6.91. The van der Waals surface area contributed by atoms with Crippen LogP contribution in [0.15, 0.2) is 47.4 Å². The Kier molecular flexibility index (Phi) is 7.63. The number of hydrogen-bond donors (Lipinski definition) is 3. The van der Waals surface area contributed by atoms with Gasteiger partial charge in [0.1, 0.15) is 4.90 Å². The molecule has 0 bridgehead atoms. The number of nitrogens with one attached hydrogen (secondary N) is 3. The number of carbonyl (C=O) groups is 2. The number of carbonyl (C=O) groups excluding carboxylic acids is 2. The Bertz CT molecular complexity index is 1090. The van der Waals surface area contributed by atoms with Gasteiger partial charge >= 0.3 is 0 Å². The highest BCUT2D eigenvalue weighted by molar-refractivity contribution is 7.89. The standard InChI is InChI=1S/C20H23ClFN3O5S/c1-12(30-16-8-6-5-7-15(16)22)18(26)23-24-19(27)13-9-10-14(21)17(11-13)31(28,29)25-20(2,3)4/h5-12,25H,1-4H3,(H,23,26)(H,24,27). The fourth-order valence-electron chi connectivity index (χ4n) is 2.39. The summed E-state index contributed by atoms with van der Waals surface area (Å²) in [6.45, 7) is 6.36. The Hall–Kier alpha value is -2.69. The summed E-state index contributed by atoms with van der Waals surface area (Å²) >= 11 is 6.01. The smallest absolute Gasteiger partial charge is 0.279 e. The van der Waals surface area contributed by atoms with E-state index in [0.29, 0.717) is 0 Å². The lowest BCUT2D eigenvalue weighted by molar-refractivity contribution is -0.128. The van der Waals surface area contributed by atoms with Gasteiger partial charge in [0, 0.05) is 11.1 Å². The molecular weight excluding hydrogens is 449 g/mol. The fraction of sp³-hybridized carbons (Fsp3) is 0.300. The van der Waals surface area contributed by atoms with Crippen molar-refractivity contribution < 1.29 is 27.1 Å². The van der Waals surface area contributed by atoms with E-state index in [-0.39, 0.29) is 21.2 Å². The van der Waals surface area contributed by atoms with Gasteiger partial charge in [0.25, 0.3) is 11.8 Å². The van der Waals surface area contributed by atoms with E-state index < -0.39 is 39.3 Å². The van der Waals surface area contributed by atoms with Gasteiger partial charge in [-0.3, -0.25) is 20.4 Å². The lowest BCUT2D eigenvalue weighted by atomic mass is 10.1. The number of rotatable bonds is 6. The molecule has 2 amide bonds. The molecule has 0 heterocycles. The van der Waals surface area contributed by atoms with Crippen molar-refractivity contribution in [3.8, 4) is 5.75 Å². The molecular formula is C20H23ClFN3O5S. The van der Waals surface area contributed by atoms with Gasteiger partial charge < -0.3 is 4.74 Å². The van der Waals surface area contributed by atoms with Crippen LogP contribution < -0.4 is 20.3 Å². The number of para-hydroxylation sites is 1. The molecule has 1 unspecified atom stereocenters. The van der Waals surface area contributed by atoms with E-state index in [2.05, 4.69) is 15.6 Å². The molecule has 0 saturated heterocycles. The van der Waals surface area contributed by atoms with Gasteiger partial charge in [-0.05, 0) is 58.0 Å². The molecule has 31 heavy (non-hydrogen) atoms. The number of hydrazine groups is 1. The van der Waals surface area contributed by atoms with Gasteiger partial charge in [0.05, 0.1) is 5.02 Å². The highest BCUT2D eigenvalue weighted by atomic mass is 35.5. The average molecular weight is 472 g/mol. The van der Waals surface area contributed by atoms with Crippen molar-refractivity contribution in [1.82, 2.24) is 15.6 Å². The van der Waals surface area contributed by atoms with Gasteiger partial charge in [-0.1, -0.05) is 23.7 Å². The fourth-order valence-corrected chi connectivity index (χ4v) is 4.33. The van der Waals surface area contributed by atoms with Crippen molar-refractivity contribution in [2.45, 2.75) is 44.2 Å². The molecule has 0 aliphatic rings. The van der Waals surface area contributed by atoms with E-state index in [4.69, 9.17) is 16.3 Å². The number of hydrogen-bond acceptors (Lipinski definition) is 5. The van der Waals surface area contributed by atoms with Crippen LogP contribution in [-0.2, 0) is 14.8 Å². The maximum atomic E-state index is 13.6. The Morgan fingerprint density at radius 3 is 2.35 bits per heavy atom. The predicted octanol–water partition coefficient (Wildman–Crippen LogP) is 2.78. The topological polar surface area (TPSA) is 114 Å². The second-order valence-electron chi connectivity index (χ2n) is 7.63. The van der Waals surface area contributed by atoms with E-state index in [0.717, 1.165) is 6.07 Å². The van der Waals surface area contributed by atoms with Gasteiger partial charge in [-0.15, -0.1) is 0 Å². The van der Waals surface area contributed by atoms with E-state index in [1.807, 2.05) is 0 Å². The summed E-state index contributed by atoms with van der Waals surface area (Å²) in [5.74, 6) is -2.27. The molecule has 2 aromatic rings. The first-order chi connectivity index (χ1) is 14.3. The summed E-state index contributed by atoms with van der Waals surface area (Å²) in [4.78, 5) is 24.2. The van der Waals surface area contributed by atoms with E-state index >= 15 is 0 Å². The zero-order valence-corrected chi connectivity index (χ0v) is 18.9. The minimum Gasteiger partial charge on any atom is -0.478 e. The first-order valence-electron chi connectivity index (χ1n) is 9.15. The Morgan fingerprint density at radius 2 is 1.74 bits per heavy atom. The molecule has 0 aliphatic heterocycles. The lowest BCUT2D eigenvalue weighted by Gasteiger charge is -2.21. The van der Waals surface area contributed by atoms with Gasteiger partial charge in [0.15, 0.2) is 17.7 Å². The molecule has 11 heteroatoms. The molecule has 0 spiro atoms. The molecule has 0 saturated carbocycles. The third-order valence-corrected chi connectivity index (χ3v) is 5.97. The summed E-state index contributed by atoms with van der Waals surface area (Å²) in [6.07, 6.45) is -1.12. The summed E-state index contributed by atoms with van der Waals surface area (Å²) in [5, 5.41) is -0.0655. The van der Waals surface area contributed by atoms with Crippen LogP contribution in [0.5, 0.6) is 5.75 Å². The number of sulfonamides is 1. The van der Waals surface area contributed by atoms with Crippen LogP contribution in [0.1, 0.15) is 38.1 Å². The molecule has 168 valence electrons.